The molecule has 0 bridgehead atoms. The fourth-order valence-electron chi connectivity index (χ4n) is 1.33. The zero-order chi connectivity index (χ0) is 10.3. The Morgan fingerprint density at radius 1 is 1.57 bits per heavy atom. The molecule has 0 spiro atoms. The highest BCUT2D eigenvalue weighted by Crippen LogP contribution is 2.23. The van der Waals surface area contributed by atoms with Gasteiger partial charge in [-0.3, -0.25) is 4.68 Å². The molecule has 0 saturated carbocycles. The minimum absolute atomic E-state index is 0.140. The lowest BCUT2D eigenvalue weighted by molar-refractivity contribution is -0.255. The van der Waals surface area contributed by atoms with Gasteiger partial charge in [0.2, 0.25) is 0 Å². The number of fused-ring (bicyclic) bond motifs is 1. The van der Waals surface area contributed by atoms with Crippen molar-refractivity contribution < 1.29 is 9.90 Å². The molecule has 1 heterocycles. The Morgan fingerprint density at radius 3 is 2.93 bits per heavy atom. The summed E-state index contributed by atoms with van der Waals surface area (Å²) in [7, 11) is 1.76. The normalized spacial score (nSPS) is 10.7. The maximum Gasteiger partial charge on any atom is 0.0727 e. The SMILES string of the molecule is Cn1ncc2cc(Br)c(C(=O)[O-])cc21. The number of carbonyl (C=O) groups is 1. The average molecular weight is 254 g/mol. The number of carboxylic acid groups (broad SMARTS) is 1. The van der Waals surface area contributed by atoms with Crippen LogP contribution in [0, 0.1) is 0 Å². The van der Waals surface area contributed by atoms with E-state index in [1.165, 1.54) is 0 Å². The van der Waals surface area contributed by atoms with Crippen LogP contribution >= 0.6 is 15.9 Å². The summed E-state index contributed by atoms with van der Waals surface area (Å²) in [4.78, 5) is 10.7. The van der Waals surface area contributed by atoms with Gasteiger partial charge in [-0.1, -0.05) is 15.9 Å². The summed E-state index contributed by atoms with van der Waals surface area (Å²) in [6, 6.07) is 3.26. The molecule has 2 aromatic rings. The highest BCUT2D eigenvalue weighted by Gasteiger charge is 2.06. The Balaban J connectivity index is 2.80. The molecule has 0 atom stereocenters. The predicted molar refractivity (Wildman–Crippen MR) is 52.7 cm³/mol. The van der Waals surface area contributed by atoms with Gasteiger partial charge in [0.15, 0.2) is 0 Å². The van der Waals surface area contributed by atoms with Crippen molar-refractivity contribution in [2.45, 2.75) is 0 Å². The van der Waals surface area contributed by atoms with Gasteiger partial charge in [-0.15, -0.1) is 0 Å². The van der Waals surface area contributed by atoms with Gasteiger partial charge in [-0.2, -0.15) is 5.10 Å². The fraction of sp³-hybridized carbons (Fsp3) is 0.111. The fourth-order valence-corrected chi connectivity index (χ4v) is 1.85. The number of rotatable bonds is 1. The molecule has 1 aromatic carbocycles. The molecule has 0 aliphatic carbocycles. The average Bonchev–Trinajstić information content (AvgIpc) is 2.46. The number of hydrogen-bond acceptors (Lipinski definition) is 3. The van der Waals surface area contributed by atoms with Crippen molar-refractivity contribution in [1.82, 2.24) is 9.78 Å². The lowest BCUT2D eigenvalue weighted by Crippen LogP contribution is -2.22. The largest absolute Gasteiger partial charge is 0.545 e. The first-order valence-corrected chi connectivity index (χ1v) is 4.71. The van der Waals surface area contributed by atoms with E-state index in [9.17, 15) is 9.90 Å². The number of halogens is 1. The second-order valence-corrected chi connectivity index (χ2v) is 3.80. The van der Waals surface area contributed by atoms with Gasteiger partial charge in [-0.25, -0.2) is 0 Å². The number of aromatic carboxylic acids is 1. The van der Waals surface area contributed by atoms with E-state index >= 15 is 0 Å². The molecule has 4 nitrogen and oxygen atoms in total. The molecule has 0 aliphatic heterocycles. The number of aromatic nitrogens is 2. The molecule has 72 valence electrons. The molecule has 0 aliphatic rings. The lowest BCUT2D eigenvalue weighted by atomic mass is 10.2. The highest BCUT2D eigenvalue weighted by molar-refractivity contribution is 9.10. The van der Waals surface area contributed by atoms with Crippen LogP contribution in [0.4, 0.5) is 0 Å². The third-order valence-electron chi connectivity index (χ3n) is 2.05. The predicted octanol–water partition coefficient (Wildman–Crippen LogP) is 0.699. The smallest absolute Gasteiger partial charge is 0.0727 e. The van der Waals surface area contributed by atoms with Crippen molar-refractivity contribution in [3.8, 4) is 0 Å². The van der Waals surface area contributed by atoms with E-state index in [0.717, 1.165) is 10.9 Å². The molecule has 0 unspecified atom stereocenters. The van der Waals surface area contributed by atoms with Gasteiger partial charge in [-0.05, 0) is 12.1 Å². The minimum atomic E-state index is -1.19. The maximum absolute atomic E-state index is 10.7. The molecule has 0 radical (unpaired) electrons. The van der Waals surface area contributed by atoms with Crippen LogP contribution < -0.4 is 5.11 Å². The van der Waals surface area contributed by atoms with Crippen molar-refractivity contribution in [1.29, 1.82) is 0 Å². The summed E-state index contributed by atoms with van der Waals surface area (Å²) < 4.78 is 2.13. The topological polar surface area (TPSA) is 58.0 Å². The molecular formula is C9H6BrN2O2-. The van der Waals surface area contributed by atoms with Crippen LogP contribution in [-0.2, 0) is 7.05 Å². The molecule has 0 amide bonds. The lowest BCUT2D eigenvalue weighted by Gasteiger charge is -2.05. The number of benzene rings is 1. The second-order valence-electron chi connectivity index (χ2n) is 2.95. The zero-order valence-electron chi connectivity index (χ0n) is 7.32. The van der Waals surface area contributed by atoms with Gasteiger partial charge >= 0.3 is 0 Å². The summed E-state index contributed by atoms with van der Waals surface area (Å²) in [6.45, 7) is 0. The van der Waals surface area contributed by atoms with E-state index in [-0.39, 0.29) is 5.56 Å². The van der Waals surface area contributed by atoms with E-state index < -0.39 is 5.97 Å². The molecule has 0 fully saturated rings. The first-order chi connectivity index (χ1) is 6.59. The van der Waals surface area contributed by atoms with Gasteiger partial charge < -0.3 is 9.90 Å². The molecule has 14 heavy (non-hydrogen) atoms. The van der Waals surface area contributed by atoms with Crippen LogP contribution in [0.2, 0.25) is 0 Å². The molecular weight excluding hydrogens is 248 g/mol. The monoisotopic (exact) mass is 253 g/mol. The number of aryl methyl sites for hydroxylation is 1. The second kappa shape index (κ2) is 3.09. The van der Waals surface area contributed by atoms with Gasteiger partial charge in [0.25, 0.3) is 0 Å². The van der Waals surface area contributed by atoms with E-state index in [4.69, 9.17) is 0 Å². The van der Waals surface area contributed by atoms with Gasteiger partial charge in [0.05, 0.1) is 17.7 Å². The van der Waals surface area contributed by atoms with Crippen molar-refractivity contribution >= 4 is 32.8 Å². The van der Waals surface area contributed by atoms with Crippen LogP contribution in [0.5, 0.6) is 0 Å². The summed E-state index contributed by atoms with van der Waals surface area (Å²) in [5, 5.41) is 15.6. The highest BCUT2D eigenvalue weighted by atomic mass is 79.9. The molecule has 1 aromatic heterocycles. The minimum Gasteiger partial charge on any atom is -0.545 e. The Bertz CT molecular complexity index is 519. The standard InChI is InChI=1S/C9H7BrN2O2/c1-12-8-3-6(9(13)14)7(10)2-5(8)4-11-12/h2-4H,1H3,(H,13,14)/p-1. The Morgan fingerprint density at radius 2 is 2.29 bits per heavy atom. The van der Waals surface area contributed by atoms with Crippen molar-refractivity contribution in [2.75, 3.05) is 0 Å². The number of nitrogens with zero attached hydrogens (tertiary/aromatic N) is 2. The van der Waals surface area contributed by atoms with E-state index in [2.05, 4.69) is 21.0 Å². The Labute approximate surface area is 88.3 Å². The summed E-state index contributed by atoms with van der Waals surface area (Å²) >= 11 is 3.17. The Hall–Kier alpha value is -1.36. The quantitative estimate of drug-likeness (QED) is 0.752. The van der Waals surface area contributed by atoms with E-state index in [1.807, 2.05) is 0 Å². The van der Waals surface area contributed by atoms with Crippen LogP contribution in [-0.4, -0.2) is 15.7 Å². The van der Waals surface area contributed by atoms with Crippen LogP contribution in [0.15, 0.2) is 22.8 Å². The van der Waals surface area contributed by atoms with E-state index in [1.54, 1.807) is 30.1 Å². The zero-order valence-corrected chi connectivity index (χ0v) is 8.91. The summed E-state index contributed by atoms with van der Waals surface area (Å²) in [5.74, 6) is -1.19. The summed E-state index contributed by atoms with van der Waals surface area (Å²) in [5.41, 5.74) is 0.911. The van der Waals surface area contributed by atoms with Crippen molar-refractivity contribution in [3.63, 3.8) is 0 Å². The van der Waals surface area contributed by atoms with Gasteiger partial charge in [0, 0.05) is 22.5 Å². The Kier molecular flexibility index (Phi) is 2.03. The molecule has 2 rings (SSSR count). The number of carboxylic acids is 1. The van der Waals surface area contributed by atoms with Crippen molar-refractivity contribution in [3.05, 3.63) is 28.4 Å². The number of carbonyl (C=O) groups excluding carboxylic acids is 1. The van der Waals surface area contributed by atoms with Gasteiger partial charge in [0.1, 0.15) is 0 Å². The molecule has 0 N–H and O–H groups in total. The van der Waals surface area contributed by atoms with E-state index in [0.29, 0.717) is 4.47 Å². The van der Waals surface area contributed by atoms with Crippen LogP contribution in [0.1, 0.15) is 10.4 Å². The van der Waals surface area contributed by atoms with Crippen LogP contribution in [0.25, 0.3) is 10.9 Å². The summed E-state index contributed by atoms with van der Waals surface area (Å²) in [6.07, 6.45) is 1.68. The third-order valence-corrected chi connectivity index (χ3v) is 2.71. The molecule has 0 saturated heterocycles. The maximum atomic E-state index is 10.7. The first kappa shape index (κ1) is 9.21. The first-order valence-electron chi connectivity index (χ1n) is 3.92. The third kappa shape index (κ3) is 1.29. The molecule has 5 heteroatoms. The number of hydrogen-bond donors (Lipinski definition) is 0. The van der Waals surface area contributed by atoms with Crippen molar-refractivity contribution in [2.24, 2.45) is 7.05 Å². The van der Waals surface area contributed by atoms with Crippen LogP contribution in [0.3, 0.4) is 0 Å².